The van der Waals surface area contributed by atoms with E-state index in [1.807, 2.05) is 12.1 Å². The van der Waals surface area contributed by atoms with Crippen molar-refractivity contribution in [3.05, 3.63) is 33.2 Å². The van der Waals surface area contributed by atoms with Crippen LogP contribution in [0, 0.1) is 6.92 Å². The van der Waals surface area contributed by atoms with Crippen LogP contribution in [-0.2, 0) is 6.42 Å². The number of likely N-dealkylation sites (N-methyl/N-ethyl adjacent to an activating group) is 1. The van der Waals surface area contributed by atoms with Crippen LogP contribution in [0.15, 0.2) is 22.7 Å². The molecule has 2 aromatic rings. The van der Waals surface area contributed by atoms with Gasteiger partial charge < -0.3 is 5.32 Å². The fourth-order valence-corrected chi connectivity index (χ4v) is 2.96. The first-order valence-electron chi connectivity index (χ1n) is 6.01. The molecule has 0 unspecified atom stereocenters. The minimum atomic E-state index is 0.943. The second kappa shape index (κ2) is 6.41. The van der Waals surface area contributed by atoms with Gasteiger partial charge in [0.25, 0.3) is 0 Å². The molecule has 2 rings (SSSR count). The summed E-state index contributed by atoms with van der Waals surface area (Å²) in [6.45, 7) is 6.16. The Hall–Kier alpha value is -0.780. The lowest BCUT2D eigenvalue weighted by molar-refractivity contribution is 0.710. The summed E-state index contributed by atoms with van der Waals surface area (Å²) in [4.78, 5) is 0. The molecule has 0 radical (unpaired) electrons. The molecule has 5 heteroatoms. The average Bonchev–Trinajstić information content (AvgIpc) is 2.82. The second-order valence-corrected chi connectivity index (χ2v) is 5.93. The first kappa shape index (κ1) is 13.6. The highest BCUT2D eigenvalue weighted by molar-refractivity contribution is 9.10. The van der Waals surface area contributed by atoms with Crippen LogP contribution in [0.25, 0.3) is 10.6 Å². The molecule has 1 aromatic heterocycles. The van der Waals surface area contributed by atoms with Crippen LogP contribution in [0.2, 0.25) is 0 Å². The maximum absolute atomic E-state index is 4.29. The van der Waals surface area contributed by atoms with E-state index >= 15 is 0 Å². The van der Waals surface area contributed by atoms with E-state index in [9.17, 15) is 0 Å². The van der Waals surface area contributed by atoms with Gasteiger partial charge in [0.1, 0.15) is 10.0 Å². The lowest BCUT2D eigenvalue weighted by Crippen LogP contribution is -2.15. The molecule has 0 saturated heterocycles. The molecule has 0 bridgehead atoms. The number of nitrogens with zero attached hydrogens (tertiary/aromatic N) is 2. The minimum Gasteiger partial charge on any atom is -0.317 e. The van der Waals surface area contributed by atoms with Crippen LogP contribution in [-0.4, -0.2) is 23.3 Å². The predicted octanol–water partition coefficient (Wildman–Crippen LogP) is 3.43. The molecule has 0 saturated carbocycles. The van der Waals surface area contributed by atoms with E-state index < -0.39 is 0 Å². The molecule has 0 fully saturated rings. The van der Waals surface area contributed by atoms with E-state index in [0.29, 0.717) is 0 Å². The van der Waals surface area contributed by atoms with E-state index in [4.69, 9.17) is 0 Å². The molecule has 0 aliphatic carbocycles. The monoisotopic (exact) mass is 325 g/mol. The molecule has 3 nitrogen and oxygen atoms in total. The smallest absolute Gasteiger partial charge is 0.148 e. The van der Waals surface area contributed by atoms with Gasteiger partial charge in [-0.2, -0.15) is 0 Å². The number of halogens is 1. The molecular weight excluding hydrogens is 310 g/mol. The molecule has 0 spiro atoms. The van der Waals surface area contributed by atoms with Gasteiger partial charge in [-0.25, -0.2) is 0 Å². The zero-order chi connectivity index (χ0) is 13.0. The van der Waals surface area contributed by atoms with E-state index in [2.05, 4.69) is 51.4 Å². The SMILES string of the molecule is CCNCCc1nnc(-c2cccc(Br)c2C)s1. The number of benzene rings is 1. The van der Waals surface area contributed by atoms with Gasteiger partial charge in [0.15, 0.2) is 0 Å². The van der Waals surface area contributed by atoms with Gasteiger partial charge in [0.05, 0.1) is 0 Å². The van der Waals surface area contributed by atoms with Crippen LogP contribution >= 0.6 is 27.3 Å². The minimum absolute atomic E-state index is 0.943. The Bertz CT molecular complexity index is 525. The fraction of sp³-hybridized carbons (Fsp3) is 0.385. The summed E-state index contributed by atoms with van der Waals surface area (Å²) in [7, 11) is 0. The highest BCUT2D eigenvalue weighted by atomic mass is 79.9. The Kier molecular flexibility index (Phi) is 4.86. The lowest BCUT2D eigenvalue weighted by atomic mass is 10.1. The summed E-state index contributed by atoms with van der Waals surface area (Å²) >= 11 is 5.22. The van der Waals surface area contributed by atoms with Crippen LogP contribution < -0.4 is 5.32 Å². The van der Waals surface area contributed by atoms with Crippen molar-refractivity contribution in [2.75, 3.05) is 13.1 Å². The zero-order valence-corrected chi connectivity index (χ0v) is 12.9. The second-order valence-electron chi connectivity index (χ2n) is 4.02. The first-order valence-corrected chi connectivity index (χ1v) is 7.62. The van der Waals surface area contributed by atoms with Gasteiger partial charge >= 0.3 is 0 Å². The molecular formula is C13H16BrN3S. The maximum Gasteiger partial charge on any atom is 0.148 e. The van der Waals surface area contributed by atoms with Crippen molar-refractivity contribution in [3.8, 4) is 10.6 Å². The highest BCUT2D eigenvalue weighted by Crippen LogP contribution is 2.30. The summed E-state index contributed by atoms with van der Waals surface area (Å²) in [5.41, 5.74) is 2.38. The van der Waals surface area contributed by atoms with Crippen LogP contribution in [0.1, 0.15) is 17.5 Å². The topological polar surface area (TPSA) is 37.8 Å². The van der Waals surface area contributed by atoms with Crippen molar-refractivity contribution in [1.29, 1.82) is 0 Å². The van der Waals surface area contributed by atoms with Gasteiger partial charge in [-0.05, 0) is 25.1 Å². The first-order chi connectivity index (χ1) is 8.72. The molecule has 18 heavy (non-hydrogen) atoms. The van der Waals surface area contributed by atoms with E-state index in [1.54, 1.807) is 11.3 Å². The van der Waals surface area contributed by atoms with Crippen molar-refractivity contribution < 1.29 is 0 Å². The van der Waals surface area contributed by atoms with Crippen LogP contribution in [0.4, 0.5) is 0 Å². The van der Waals surface area contributed by atoms with Crippen LogP contribution in [0.5, 0.6) is 0 Å². The normalized spacial score (nSPS) is 10.8. The van der Waals surface area contributed by atoms with Crippen molar-refractivity contribution in [2.45, 2.75) is 20.3 Å². The summed E-state index contributed by atoms with van der Waals surface area (Å²) in [5.74, 6) is 0. The molecule has 96 valence electrons. The molecule has 0 aliphatic heterocycles. The van der Waals surface area contributed by atoms with E-state index in [0.717, 1.165) is 39.6 Å². The molecule has 1 heterocycles. The van der Waals surface area contributed by atoms with Crippen LogP contribution in [0.3, 0.4) is 0 Å². The third kappa shape index (κ3) is 3.16. The average molecular weight is 326 g/mol. The number of nitrogens with one attached hydrogen (secondary N) is 1. The quantitative estimate of drug-likeness (QED) is 0.856. The Morgan fingerprint density at radius 2 is 2.17 bits per heavy atom. The Labute approximate surface area is 120 Å². The number of hydrogen-bond acceptors (Lipinski definition) is 4. The van der Waals surface area contributed by atoms with Gasteiger partial charge in [-0.1, -0.05) is 46.3 Å². The summed E-state index contributed by atoms with van der Waals surface area (Å²) < 4.78 is 1.12. The predicted molar refractivity (Wildman–Crippen MR) is 80.0 cm³/mol. The largest absolute Gasteiger partial charge is 0.317 e. The maximum atomic E-state index is 4.29. The fourth-order valence-electron chi connectivity index (χ4n) is 1.67. The lowest BCUT2D eigenvalue weighted by Gasteiger charge is -2.02. The van der Waals surface area contributed by atoms with Gasteiger partial charge in [-0.3, -0.25) is 0 Å². The Morgan fingerprint density at radius 1 is 1.33 bits per heavy atom. The third-order valence-electron chi connectivity index (χ3n) is 2.73. The third-order valence-corrected chi connectivity index (χ3v) is 4.61. The van der Waals surface area contributed by atoms with Crippen molar-refractivity contribution >= 4 is 27.3 Å². The standard InChI is InChI=1S/C13H16BrN3S/c1-3-15-8-7-12-16-17-13(18-12)10-5-4-6-11(14)9(10)2/h4-6,15H,3,7-8H2,1-2H3. The summed E-state index contributed by atoms with van der Waals surface area (Å²) in [5, 5.41) is 13.9. The Morgan fingerprint density at radius 3 is 2.94 bits per heavy atom. The number of aromatic nitrogens is 2. The molecule has 1 N–H and O–H groups in total. The van der Waals surface area contributed by atoms with Gasteiger partial charge in [0.2, 0.25) is 0 Å². The molecule has 0 atom stereocenters. The van der Waals surface area contributed by atoms with Crippen molar-refractivity contribution in [2.24, 2.45) is 0 Å². The summed E-state index contributed by atoms with van der Waals surface area (Å²) in [6, 6.07) is 6.17. The van der Waals surface area contributed by atoms with E-state index in [-0.39, 0.29) is 0 Å². The van der Waals surface area contributed by atoms with E-state index in [1.165, 1.54) is 5.56 Å². The van der Waals surface area contributed by atoms with Gasteiger partial charge in [0, 0.05) is 23.0 Å². The molecule has 0 aliphatic rings. The van der Waals surface area contributed by atoms with Crippen molar-refractivity contribution in [3.63, 3.8) is 0 Å². The zero-order valence-electron chi connectivity index (χ0n) is 10.5. The molecule has 0 amide bonds. The summed E-state index contributed by atoms with van der Waals surface area (Å²) in [6.07, 6.45) is 0.943. The number of rotatable bonds is 5. The van der Waals surface area contributed by atoms with Crippen molar-refractivity contribution in [1.82, 2.24) is 15.5 Å². The Balaban J connectivity index is 2.16. The highest BCUT2D eigenvalue weighted by Gasteiger charge is 2.10. The number of hydrogen-bond donors (Lipinski definition) is 1. The molecule has 1 aromatic carbocycles. The van der Waals surface area contributed by atoms with Gasteiger partial charge in [-0.15, -0.1) is 10.2 Å².